The first-order valence-electron chi connectivity index (χ1n) is 5.25. The molecule has 1 heterocycles. The van der Waals surface area contributed by atoms with Crippen molar-refractivity contribution >= 4 is 11.9 Å². The number of aromatic nitrogens is 3. The van der Waals surface area contributed by atoms with Crippen molar-refractivity contribution in [3.05, 3.63) is 11.4 Å². The van der Waals surface area contributed by atoms with Crippen LogP contribution in [0.1, 0.15) is 40.7 Å². The van der Waals surface area contributed by atoms with E-state index in [0.717, 1.165) is 12.8 Å². The van der Waals surface area contributed by atoms with Crippen molar-refractivity contribution in [2.45, 2.75) is 26.3 Å². The smallest absolute Gasteiger partial charge is 0.361 e. The molecule has 0 aliphatic heterocycles. The molecule has 0 atom stereocenters. The van der Waals surface area contributed by atoms with Gasteiger partial charge in [0.2, 0.25) is 5.69 Å². The zero-order valence-electron chi connectivity index (χ0n) is 10.1. The standard InChI is InChI=1S/C10H15N3O4/c1-4-5-6-13-8(10(15)17-3)7(11-12-13)9(14)16-2/h4-6H2,1-3H3. The third-order valence-corrected chi connectivity index (χ3v) is 2.22. The molecular formula is C10H15N3O4. The zero-order valence-corrected chi connectivity index (χ0v) is 10.1. The van der Waals surface area contributed by atoms with Crippen LogP contribution in [0.3, 0.4) is 0 Å². The monoisotopic (exact) mass is 241 g/mol. The Morgan fingerprint density at radius 1 is 1.24 bits per heavy atom. The van der Waals surface area contributed by atoms with Gasteiger partial charge in [-0.15, -0.1) is 5.10 Å². The highest BCUT2D eigenvalue weighted by Gasteiger charge is 2.26. The number of aryl methyl sites for hydroxylation is 1. The second kappa shape index (κ2) is 5.97. The lowest BCUT2D eigenvalue weighted by Crippen LogP contribution is -2.16. The molecule has 0 radical (unpaired) electrons. The molecule has 0 spiro atoms. The van der Waals surface area contributed by atoms with E-state index in [0.29, 0.717) is 6.54 Å². The fourth-order valence-corrected chi connectivity index (χ4v) is 1.31. The number of nitrogens with zero attached hydrogens (tertiary/aromatic N) is 3. The number of hydrogen-bond acceptors (Lipinski definition) is 6. The van der Waals surface area contributed by atoms with E-state index in [-0.39, 0.29) is 11.4 Å². The number of carbonyl (C=O) groups excluding carboxylic acids is 2. The molecule has 1 aromatic heterocycles. The molecule has 1 rings (SSSR count). The van der Waals surface area contributed by atoms with Crippen LogP contribution in [-0.2, 0) is 16.0 Å². The molecule has 0 fully saturated rings. The molecule has 0 aliphatic carbocycles. The Morgan fingerprint density at radius 2 is 1.88 bits per heavy atom. The lowest BCUT2D eigenvalue weighted by atomic mass is 10.3. The van der Waals surface area contributed by atoms with E-state index in [2.05, 4.69) is 19.8 Å². The molecule has 0 unspecified atom stereocenters. The minimum atomic E-state index is -0.701. The normalized spacial score (nSPS) is 10.1. The van der Waals surface area contributed by atoms with E-state index in [1.54, 1.807) is 0 Å². The van der Waals surface area contributed by atoms with Gasteiger partial charge in [-0.25, -0.2) is 14.3 Å². The summed E-state index contributed by atoms with van der Waals surface area (Å²) in [7, 11) is 2.45. The average Bonchev–Trinajstić information content (AvgIpc) is 2.78. The Bertz CT molecular complexity index is 414. The summed E-state index contributed by atoms with van der Waals surface area (Å²) in [5, 5.41) is 7.40. The van der Waals surface area contributed by atoms with Crippen LogP contribution in [-0.4, -0.2) is 41.2 Å². The first-order valence-corrected chi connectivity index (χ1v) is 5.25. The summed E-state index contributed by atoms with van der Waals surface area (Å²) in [6, 6.07) is 0. The van der Waals surface area contributed by atoms with Gasteiger partial charge in [0.15, 0.2) is 5.69 Å². The number of ether oxygens (including phenoxy) is 2. The molecule has 94 valence electrons. The van der Waals surface area contributed by atoms with Crippen LogP contribution in [0.15, 0.2) is 0 Å². The first-order chi connectivity index (χ1) is 8.15. The summed E-state index contributed by atoms with van der Waals surface area (Å²) in [4.78, 5) is 23.0. The van der Waals surface area contributed by atoms with Gasteiger partial charge in [0.25, 0.3) is 0 Å². The van der Waals surface area contributed by atoms with Gasteiger partial charge in [-0.3, -0.25) is 0 Å². The van der Waals surface area contributed by atoms with Crippen molar-refractivity contribution < 1.29 is 19.1 Å². The SMILES string of the molecule is CCCCn1nnc(C(=O)OC)c1C(=O)OC. The Morgan fingerprint density at radius 3 is 2.41 bits per heavy atom. The molecule has 0 saturated carbocycles. The van der Waals surface area contributed by atoms with Crippen molar-refractivity contribution in [3.63, 3.8) is 0 Å². The van der Waals surface area contributed by atoms with E-state index >= 15 is 0 Å². The average molecular weight is 241 g/mol. The highest BCUT2D eigenvalue weighted by molar-refractivity contribution is 6.00. The van der Waals surface area contributed by atoms with Crippen molar-refractivity contribution in [3.8, 4) is 0 Å². The van der Waals surface area contributed by atoms with Crippen molar-refractivity contribution in [2.24, 2.45) is 0 Å². The van der Waals surface area contributed by atoms with Crippen molar-refractivity contribution in [2.75, 3.05) is 14.2 Å². The van der Waals surface area contributed by atoms with Gasteiger partial charge in [-0.05, 0) is 6.42 Å². The Labute approximate surface area is 98.7 Å². The Balaban J connectivity index is 3.10. The minimum absolute atomic E-state index is 0.0350. The molecule has 0 amide bonds. The largest absolute Gasteiger partial charge is 0.464 e. The van der Waals surface area contributed by atoms with Gasteiger partial charge in [-0.2, -0.15) is 0 Å². The molecule has 1 aromatic rings. The van der Waals surface area contributed by atoms with Gasteiger partial charge >= 0.3 is 11.9 Å². The molecule has 7 heteroatoms. The maximum absolute atomic E-state index is 11.6. The summed E-state index contributed by atoms with van der Waals surface area (Å²) >= 11 is 0. The molecule has 0 aliphatic rings. The topological polar surface area (TPSA) is 83.3 Å². The molecule has 7 nitrogen and oxygen atoms in total. The van der Waals surface area contributed by atoms with Crippen molar-refractivity contribution in [1.82, 2.24) is 15.0 Å². The van der Waals surface area contributed by atoms with Crippen LogP contribution < -0.4 is 0 Å². The molecular weight excluding hydrogens is 226 g/mol. The summed E-state index contributed by atoms with van der Waals surface area (Å²) in [5.41, 5.74) is -0.0803. The molecule has 0 saturated heterocycles. The molecule has 17 heavy (non-hydrogen) atoms. The lowest BCUT2D eigenvalue weighted by molar-refractivity contribution is 0.0543. The quantitative estimate of drug-likeness (QED) is 0.704. The number of carbonyl (C=O) groups is 2. The van der Waals surface area contributed by atoms with Crippen LogP contribution in [0.25, 0.3) is 0 Å². The third kappa shape index (κ3) is 2.80. The number of rotatable bonds is 5. The highest BCUT2D eigenvalue weighted by Crippen LogP contribution is 2.09. The maximum Gasteiger partial charge on any atom is 0.361 e. The fraction of sp³-hybridized carbons (Fsp3) is 0.600. The van der Waals surface area contributed by atoms with E-state index in [9.17, 15) is 9.59 Å². The number of unbranched alkanes of at least 4 members (excludes halogenated alkanes) is 1. The molecule has 0 bridgehead atoms. The summed E-state index contributed by atoms with van der Waals surface area (Å²) in [6.45, 7) is 2.51. The lowest BCUT2D eigenvalue weighted by Gasteiger charge is -2.04. The van der Waals surface area contributed by atoms with Gasteiger partial charge in [-0.1, -0.05) is 18.6 Å². The second-order valence-corrected chi connectivity index (χ2v) is 3.35. The second-order valence-electron chi connectivity index (χ2n) is 3.35. The third-order valence-electron chi connectivity index (χ3n) is 2.22. The predicted octanol–water partition coefficient (Wildman–Crippen LogP) is 0.651. The van der Waals surface area contributed by atoms with E-state index < -0.39 is 11.9 Å². The Hall–Kier alpha value is -1.92. The van der Waals surface area contributed by atoms with Gasteiger partial charge in [0.1, 0.15) is 0 Å². The highest BCUT2D eigenvalue weighted by atomic mass is 16.5. The fourth-order valence-electron chi connectivity index (χ4n) is 1.31. The predicted molar refractivity (Wildman–Crippen MR) is 57.6 cm³/mol. The summed E-state index contributed by atoms with van der Waals surface area (Å²) < 4.78 is 10.5. The van der Waals surface area contributed by atoms with E-state index in [1.165, 1.54) is 18.9 Å². The molecule has 0 N–H and O–H groups in total. The van der Waals surface area contributed by atoms with E-state index in [1.807, 2.05) is 6.92 Å². The zero-order chi connectivity index (χ0) is 12.8. The Kier molecular flexibility index (Phi) is 4.62. The van der Waals surface area contributed by atoms with Gasteiger partial charge in [0.05, 0.1) is 14.2 Å². The van der Waals surface area contributed by atoms with Crippen molar-refractivity contribution in [1.29, 1.82) is 0 Å². The van der Waals surface area contributed by atoms with Crippen LogP contribution in [0.4, 0.5) is 0 Å². The van der Waals surface area contributed by atoms with Crippen LogP contribution >= 0.6 is 0 Å². The van der Waals surface area contributed by atoms with Crippen LogP contribution in [0, 0.1) is 0 Å². The van der Waals surface area contributed by atoms with Gasteiger partial charge < -0.3 is 9.47 Å². The summed E-state index contributed by atoms with van der Waals surface area (Å²) in [5.74, 6) is -1.35. The van der Waals surface area contributed by atoms with Gasteiger partial charge in [0, 0.05) is 6.54 Å². The number of methoxy groups -OCH3 is 2. The van der Waals surface area contributed by atoms with Crippen LogP contribution in [0.5, 0.6) is 0 Å². The minimum Gasteiger partial charge on any atom is -0.464 e. The van der Waals surface area contributed by atoms with Crippen LogP contribution in [0.2, 0.25) is 0 Å². The first kappa shape index (κ1) is 13.1. The molecule has 0 aromatic carbocycles. The number of esters is 2. The van der Waals surface area contributed by atoms with E-state index in [4.69, 9.17) is 0 Å². The maximum atomic E-state index is 11.6. The number of hydrogen-bond donors (Lipinski definition) is 0. The summed E-state index contributed by atoms with van der Waals surface area (Å²) in [6.07, 6.45) is 1.77.